The van der Waals surface area contributed by atoms with Crippen molar-refractivity contribution in [1.82, 2.24) is 5.32 Å². The molecule has 0 spiro atoms. The Bertz CT molecular complexity index is 712. The Morgan fingerprint density at radius 1 is 1.15 bits per heavy atom. The van der Waals surface area contributed by atoms with Gasteiger partial charge >= 0.3 is 0 Å². The number of thiocarbonyl (C=S) groups is 1. The molecule has 0 saturated heterocycles. The van der Waals surface area contributed by atoms with Gasteiger partial charge in [0.25, 0.3) is 0 Å². The standard InChI is InChI=1S/C19H21BrF2N2OS/c20-14-4-13(21)5-15(22)17(14)24-18(26)23-16(25)9-19-6-10-1-11(7-19)3-12(2-10)8-19/h4-5,10-12H,1-3,6-9H2,(H2,23,24,25,26). The molecule has 26 heavy (non-hydrogen) atoms. The van der Waals surface area contributed by atoms with Crippen LogP contribution in [0, 0.1) is 34.8 Å². The minimum Gasteiger partial charge on any atom is -0.329 e. The normalized spacial score (nSPS) is 31.7. The third-order valence-corrected chi connectivity index (χ3v) is 7.03. The maximum atomic E-state index is 13.9. The Kier molecular flexibility index (Phi) is 4.80. The zero-order chi connectivity index (χ0) is 18.5. The maximum absolute atomic E-state index is 13.9. The first-order chi connectivity index (χ1) is 12.3. The summed E-state index contributed by atoms with van der Waals surface area (Å²) in [6.07, 6.45) is 7.90. The van der Waals surface area contributed by atoms with Crippen molar-refractivity contribution in [1.29, 1.82) is 0 Å². The number of amides is 1. The highest BCUT2D eigenvalue weighted by Crippen LogP contribution is 2.61. The molecule has 0 aliphatic heterocycles. The average Bonchev–Trinajstić information content (AvgIpc) is 2.48. The number of rotatable bonds is 3. The number of benzene rings is 1. The van der Waals surface area contributed by atoms with Crippen LogP contribution >= 0.6 is 28.1 Å². The van der Waals surface area contributed by atoms with Crippen LogP contribution in [0.3, 0.4) is 0 Å². The first-order valence-corrected chi connectivity index (χ1v) is 10.3. The predicted octanol–water partition coefficient (Wildman–Crippen LogP) is 5.15. The summed E-state index contributed by atoms with van der Waals surface area (Å²) in [6.45, 7) is 0. The lowest BCUT2D eigenvalue weighted by Crippen LogP contribution is -2.48. The second-order valence-corrected chi connectivity index (χ2v) is 9.60. The summed E-state index contributed by atoms with van der Waals surface area (Å²) in [5.41, 5.74) is 0.141. The summed E-state index contributed by atoms with van der Waals surface area (Å²) in [7, 11) is 0. The Labute approximate surface area is 165 Å². The molecule has 0 unspecified atom stereocenters. The highest BCUT2D eigenvalue weighted by Gasteiger charge is 2.51. The van der Waals surface area contributed by atoms with Crippen LogP contribution in [0.5, 0.6) is 0 Å². The minimum atomic E-state index is -0.769. The summed E-state index contributed by atoms with van der Waals surface area (Å²) < 4.78 is 27.3. The number of hydrogen-bond donors (Lipinski definition) is 2. The van der Waals surface area contributed by atoms with Gasteiger partial charge in [0.2, 0.25) is 5.91 Å². The van der Waals surface area contributed by atoms with Gasteiger partial charge < -0.3 is 10.6 Å². The van der Waals surface area contributed by atoms with Gasteiger partial charge in [-0.1, -0.05) is 0 Å². The molecule has 1 aromatic carbocycles. The third-order valence-electron chi connectivity index (χ3n) is 6.20. The molecule has 0 heterocycles. The van der Waals surface area contributed by atoms with E-state index in [1.807, 2.05) is 0 Å². The van der Waals surface area contributed by atoms with E-state index in [0.717, 1.165) is 49.1 Å². The lowest BCUT2D eigenvalue weighted by molar-refractivity contribution is -0.127. The molecule has 4 aliphatic carbocycles. The van der Waals surface area contributed by atoms with Crippen molar-refractivity contribution in [2.75, 3.05) is 5.32 Å². The zero-order valence-electron chi connectivity index (χ0n) is 14.3. The summed E-state index contributed by atoms with van der Waals surface area (Å²) in [5.74, 6) is 0.768. The second kappa shape index (κ2) is 6.82. The summed E-state index contributed by atoms with van der Waals surface area (Å²) in [6, 6.07) is 1.91. The number of carbonyl (C=O) groups excluding carboxylic acids is 1. The molecule has 0 atom stereocenters. The number of anilines is 1. The van der Waals surface area contributed by atoms with Crippen molar-refractivity contribution < 1.29 is 13.6 Å². The van der Waals surface area contributed by atoms with Gasteiger partial charge in [-0.25, -0.2) is 8.78 Å². The highest BCUT2D eigenvalue weighted by atomic mass is 79.9. The van der Waals surface area contributed by atoms with E-state index in [2.05, 4.69) is 26.6 Å². The molecule has 140 valence electrons. The molecule has 4 aliphatic rings. The smallest absolute Gasteiger partial charge is 0.226 e. The van der Waals surface area contributed by atoms with Crippen molar-refractivity contribution in [2.45, 2.75) is 44.9 Å². The first kappa shape index (κ1) is 18.3. The summed E-state index contributed by atoms with van der Waals surface area (Å²) in [5, 5.41) is 5.36. The largest absolute Gasteiger partial charge is 0.329 e. The maximum Gasteiger partial charge on any atom is 0.226 e. The molecule has 4 saturated carbocycles. The molecule has 0 radical (unpaired) electrons. The van der Waals surface area contributed by atoms with Gasteiger partial charge in [0.1, 0.15) is 5.82 Å². The lowest BCUT2D eigenvalue weighted by atomic mass is 9.49. The van der Waals surface area contributed by atoms with Crippen LogP contribution in [0.15, 0.2) is 16.6 Å². The lowest BCUT2D eigenvalue weighted by Gasteiger charge is -2.56. The fourth-order valence-corrected chi connectivity index (χ4v) is 6.55. The van der Waals surface area contributed by atoms with E-state index in [1.54, 1.807) is 0 Å². The van der Waals surface area contributed by atoms with Crippen LogP contribution < -0.4 is 10.6 Å². The monoisotopic (exact) mass is 442 g/mol. The Morgan fingerprint density at radius 3 is 2.27 bits per heavy atom. The minimum absolute atomic E-state index is 0.0199. The Balaban J connectivity index is 1.37. The Morgan fingerprint density at radius 2 is 1.73 bits per heavy atom. The van der Waals surface area contributed by atoms with Gasteiger partial charge in [-0.2, -0.15) is 0 Å². The van der Waals surface area contributed by atoms with Crippen molar-refractivity contribution in [3.63, 3.8) is 0 Å². The molecule has 3 nitrogen and oxygen atoms in total. The quantitative estimate of drug-likeness (QED) is 0.636. The predicted molar refractivity (Wildman–Crippen MR) is 104 cm³/mol. The Hall–Kier alpha value is -1.08. The number of halogens is 3. The molecular weight excluding hydrogens is 422 g/mol. The number of nitrogens with one attached hydrogen (secondary N) is 2. The molecule has 4 bridgehead atoms. The van der Waals surface area contributed by atoms with E-state index in [0.29, 0.717) is 6.42 Å². The fraction of sp³-hybridized carbons (Fsp3) is 0.579. The van der Waals surface area contributed by atoms with Gasteiger partial charge in [-0.05, 0) is 95.9 Å². The van der Waals surface area contributed by atoms with Crippen LogP contribution in [0.1, 0.15) is 44.9 Å². The van der Waals surface area contributed by atoms with E-state index >= 15 is 0 Å². The highest BCUT2D eigenvalue weighted by molar-refractivity contribution is 9.10. The van der Waals surface area contributed by atoms with Gasteiger partial charge in [-0.15, -0.1) is 0 Å². The van der Waals surface area contributed by atoms with E-state index in [1.165, 1.54) is 19.3 Å². The van der Waals surface area contributed by atoms with Crippen LogP contribution in [0.2, 0.25) is 0 Å². The van der Waals surface area contributed by atoms with Crippen LogP contribution in [-0.4, -0.2) is 11.0 Å². The molecular formula is C19H21BrF2N2OS. The SMILES string of the molecule is O=C(CC12CC3CC(CC(C3)C1)C2)NC(=S)Nc1c(F)cc(F)cc1Br. The number of hydrogen-bond acceptors (Lipinski definition) is 2. The average molecular weight is 443 g/mol. The molecule has 2 N–H and O–H groups in total. The molecule has 1 amide bonds. The van der Waals surface area contributed by atoms with Crippen LogP contribution in [0.25, 0.3) is 0 Å². The van der Waals surface area contributed by atoms with Crippen molar-refractivity contribution >= 4 is 44.9 Å². The van der Waals surface area contributed by atoms with E-state index in [9.17, 15) is 13.6 Å². The van der Waals surface area contributed by atoms with Gasteiger partial charge in [0.15, 0.2) is 10.9 Å². The van der Waals surface area contributed by atoms with Crippen LogP contribution in [-0.2, 0) is 4.79 Å². The topological polar surface area (TPSA) is 41.1 Å². The van der Waals surface area contributed by atoms with Crippen molar-refractivity contribution in [2.24, 2.45) is 23.2 Å². The fourth-order valence-electron chi connectivity index (χ4n) is 5.82. The van der Waals surface area contributed by atoms with Gasteiger partial charge in [-0.3, -0.25) is 4.79 Å². The summed E-state index contributed by atoms with van der Waals surface area (Å²) in [4.78, 5) is 12.5. The molecule has 7 heteroatoms. The van der Waals surface area contributed by atoms with E-state index < -0.39 is 11.6 Å². The van der Waals surface area contributed by atoms with Gasteiger partial charge in [0, 0.05) is 17.0 Å². The molecule has 1 aromatic rings. The molecule has 5 rings (SSSR count). The summed E-state index contributed by atoms with van der Waals surface area (Å²) >= 11 is 8.25. The van der Waals surface area contributed by atoms with E-state index in [4.69, 9.17) is 12.2 Å². The molecule has 4 fully saturated rings. The zero-order valence-corrected chi connectivity index (χ0v) is 16.7. The van der Waals surface area contributed by atoms with Crippen LogP contribution in [0.4, 0.5) is 14.5 Å². The van der Waals surface area contributed by atoms with E-state index in [-0.39, 0.29) is 26.6 Å². The first-order valence-electron chi connectivity index (χ1n) is 9.07. The van der Waals surface area contributed by atoms with Crippen molar-refractivity contribution in [3.8, 4) is 0 Å². The van der Waals surface area contributed by atoms with Gasteiger partial charge in [0.05, 0.1) is 5.69 Å². The second-order valence-electron chi connectivity index (χ2n) is 8.34. The third kappa shape index (κ3) is 3.65. The number of carbonyl (C=O) groups is 1. The van der Waals surface area contributed by atoms with Crippen molar-refractivity contribution in [3.05, 3.63) is 28.2 Å². The molecule has 0 aromatic heterocycles.